The lowest BCUT2D eigenvalue weighted by atomic mass is 9.99. The van der Waals surface area contributed by atoms with Gasteiger partial charge < -0.3 is 45.0 Å². The lowest BCUT2D eigenvalue weighted by Gasteiger charge is -2.34. The summed E-state index contributed by atoms with van der Waals surface area (Å²) in [6, 6.07) is -5.02. The molecule has 0 aromatic heterocycles. The van der Waals surface area contributed by atoms with Crippen molar-refractivity contribution in [2.24, 2.45) is 17.8 Å². The minimum Gasteiger partial charge on any atom is -0.393 e. The number of hydrogen-bond acceptors (Lipinski definition) is 9. The third-order valence-electron chi connectivity index (χ3n) is 10.2. The van der Waals surface area contributed by atoms with Crippen molar-refractivity contribution in [1.29, 1.82) is 0 Å². The van der Waals surface area contributed by atoms with Crippen molar-refractivity contribution in [1.82, 2.24) is 35.1 Å². The van der Waals surface area contributed by atoms with Gasteiger partial charge in [0.25, 0.3) is 0 Å². The number of likely N-dealkylation sites (N-methyl/N-ethyl adjacent to an activating group) is 4. The first-order chi connectivity index (χ1) is 26.0. The Morgan fingerprint density at radius 1 is 0.643 bits per heavy atom. The Kier molecular flexibility index (Phi) is 21.3. The number of likely N-dealkylation sites (tertiary alicyclic amines) is 1. The van der Waals surface area contributed by atoms with E-state index >= 15 is 0 Å². The van der Waals surface area contributed by atoms with Gasteiger partial charge >= 0.3 is 0 Å². The van der Waals surface area contributed by atoms with Gasteiger partial charge in [0.1, 0.15) is 30.5 Å². The second-order valence-corrected chi connectivity index (χ2v) is 16.8. The number of aliphatic hydroxyl groups excluding tert-OH is 1. The van der Waals surface area contributed by atoms with Gasteiger partial charge in [-0.3, -0.25) is 33.6 Å². The molecule has 56 heavy (non-hydrogen) atoms. The zero-order chi connectivity index (χ0) is 43.0. The van der Waals surface area contributed by atoms with Crippen LogP contribution in [-0.2, 0) is 38.4 Å². The average molecular weight is 794 g/mol. The number of piperidine rings is 1. The Balaban J connectivity index is 3.30. The summed E-state index contributed by atoms with van der Waals surface area (Å²) < 4.78 is 0. The summed E-state index contributed by atoms with van der Waals surface area (Å²) >= 11 is 0. The highest BCUT2D eigenvalue weighted by Crippen LogP contribution is 2.17. The fourth-order valence-electron chi connectivity index (χ4n) is 6.57. The van der Waals surface area contributed by atoms with E-state index in [1.165, 1.54) is 61.6 Å². The van der Waals surface area contributed by atoms with Gasteiger partial charge in [-0.15, -0.1) is 0 Å². The molecule has 1 saturated heterocycles. The summed E-state index contributed by atoms with van der Waals surface area (Å²) in [7, 11) is 5.83. The number of carbonyl (C=O) groups is 8. The van der Waals surface area contributed by atoms with Crippen molar-refractivity contribution >= 4 is 47.6 Å². The molecule has 2 unspecified atom stereocenters. The van der Waals surface area contributed by atoms with Crippen molar-refractivity contribution < 1.29 is 43.5 Å². The van der Waals surface area contributed by atoms with Crippen LogP contribution in [0.1, 0.15) is 107 Å². The Hall–Kier alpha value is -4.08. The van der Waals surface area contributed by atoms with E-state index in [4.69, 9.17) is 0 Å². The molecule has 1 aliphatic rings. The van der Waals surface area contributed by atoms with E-state index in [1.807, 2.05) is 41.5 Å². The molecule has 1 fully saturated rings. The number of amides is 7. The summed E-state index contributed by atoms with van der Waals surface area (Å²) in [4.78, 5) is 113. The van der Waals surface area contributed by atoms with Crippen molar-refractivity contribution in [3.05, 3.63) is 0 Å². The van der Waals surface area contributed by atoms with E-state index in [9.17, 15) is 43.5 Å². The van der Waals surface area contributed by atoms with Crippen LogP contribution in [0, 0.1) is 17.8 Å². The second kappa shape index (κ2) is 23.9. The zero-order valence-electron chi connectivity index (χ0n) is 36.0. The standard InChI is InChI=1S/C40H71N7O9/c1-25(2)18-30(24-48)45(11)39(55)31(19-26(3)4)41-37(53)29(8)44(10)35(51)22-32(40(56)47-16-14-13-15-17-47)42-38(54)33(20-27(5)6)46(12)36(52)23-43(9)34(50)21-28(7)49/h24-33,49H,13-23H2,1-12H3,(H,41,53)(H,42,54)/t28?,29-,30-,31-,32?,33-/m0/s1. The molecule has 16 nitrogen and oxygen atoms in total. The van der Waals surface area contributed by atoms with Crippen molar-refractivity contribution in [2.45, 2.75) is 143 Å². The Morgan fingerprint density at radius 2 is 1.18 bits per heavy atom. The largest absolute Gasteiger partial charge is 0.393 e. The van der Waals surface area contributed by atoms with E-state index in [0.717, 1.165) is 25.5 Å². The SMILES string of the molecule is CC(C)C[C@H](NC(=O)[C@H](C)N(C)C(=O)CC(NC(=O)[C@H](CC(C)C)N(C)C(=O)CN(C)C(=O)CC(C)O)C(=O)N1CCCCC1)C(=O)N(C)[C@H](C=O)CC(C)C. The second-order valence-electron chi connectivity index (χ2n) is 16.8. The van der Waals surface area contributed by atoms with Crippen LogP contribution in [0.2, 0.25) is 0 Å². The summed E-state index contributed by atoms with van der Waals surface area (Å²) in [5.41, 5.74) is 0. The van der Waals surface area contributed by atoms with Gasteiger partial charge in [-0.25, -0.2) is 0 Å². The fourth-order valence-corrected chi connectivity index (χ4v) is 6.57. The van der Waals surface area contributed by atoms with Gasteiger partial charge in [-0.2, -0.15) is 0 Å². The smallest absolute Gasteiger partial charge is 0.245 e. The predicted octanol–water partition coefficient (Wildman–Crippen LogP) is 1.43. The van der Waals surface area contributed by atoms with Crippen LogP contribution in [0.4, 0.5) is 0 Å². The molecule has 0 saturated carbocycles. The highest BCUT2D eigenvalue weighted by Gasteiger charge is 2.37. The summed E-state index contributed by atoms with van der Waals surface area (Å²) in [5, 5.41) is 15.1. The van der Waals surface area contributed by atoms with Crippen LogP contribution in [0.25, 0.3) is 0 Å². The van der Waals surface area contributed by atoms with Gasteiger partial charge in [0, 0.05) is 41.3 Å². The molecule has 0 aromatic carbocycles. The van der Waals surface area contributed by atoms with Crippen LogP contribution in [-0.4, -0.2) is 161 Å². The van der Waals surface area contributed by atoms with Crippen LogP contribution < -0.4 is 10.6 Å². The molecule has 0 aliphatic carbocycles. The maximum Gasteiger partial charge on any atom is 0.245 e. The maximum absolute atomic E-state index is 14.0. The van der Waals surface area contributed by atoms with E-state index < -0.39 is 84.1 Å². The molecule has 1 rings (SSSR count). The molecule has 1 heterocycles. The van der Waals surface area contributed by atoms with Gasteiger partial charge in [0.2, 0.25) is 41.4 Å². The number of carbonyl (C=O) groups excluding carboxylic acids is 8. The predicted molar refractivity (Wildman–Crippen MR) is 213 cm³/mol. The average Bonchev–Trinajstić information content (AvgIpc) is 3.12. The lowest BCUT2D eigenvalue weighted by molar-refractivity contribution is -0.147. The molecule has 0 bridgehead atoms. The number of rotatable bonds is 22. The Morgan fingerprint density at radius 3 is 1.68 bits per heavy atom. The summed E-state index contributed by atoms with van der Waals surface area (Å²) in [6.45, 7) is 15.0. The molecular weight excluding hydrogens is 722 g/mol. The van der Waals surface area contributed by atoms with Crippen LogP contribution in [0.15, 0.2) is 0 Å². The first kappa shape index (κ1) is 49.9. The van der Waals surface area contributed by atoms with Gasteiger partial charge in [-0.1, -0.05) is 41.5 Å². The normalized spacial score (nSPS) is 16.2. The Labute approximate surface area is 334 Å². The number of aldehydes is 1. The third kappa shape index (κ3) is 16.2. The molecule has 3 N–H and O–H groups in total. The molecule has 16 heteroatoms. The number of hydrogen-bond donors (Lipinski definition) is 3. The maximum atomic E-state index is 14.0. The highest BCUT2D eigenvalue weighted by molar-refractivity contribution is 5.97. The van der Waals surface area contributed by atoms with Gasteiger partial charge in [0.05, 0.1) is 31.5 Å². The van der Waals surface area contributed by atoms with Crippen molar-refractivity contribution in [3.8, 4) is 0 Å². The number of aliphatic hydroxyl groups is 1. The highest BCUT2D eigenvalue weighted by atomic mass is 16.3. The molecule has 7 amide bonds. The van der Waals surface area contributed by atoms with E-state index in [1.54, 1.807) is 4.90 Å². The molecule has 320 valence electrons. The van der Waals surface area contributed by atoms with Crippen molar-refractivity contribution in [3.63, 3.8) is 0 Å². The minimum absolute atomic E-state index is 0.0182. The quantitative estimate of drug-likeness (QED) is 0.136. The monoisotopic (exact) mass is 794 g/mol. The zero-order valence-corrected chi connectivity index (χ0v) is 36.0. The number of nitrogens with one attached hydrogen (secondary N) is 2. The van der Waals surface area contributed by atoms with E-state index in [2.05, 4.69) is 10.6 Å². The van der Waals surface area contributed by atoms with E-state index in [-0.39, 0.29) is 37.1 Å². The first-order valence-electron chi connectivity index (χ1n) is 20.1. The molecule has 0 spiro atoms. The van der Waals surface area contributed by atoms with Gasteiger partial charge in [0.15, 0.2) is 0 Å². The van der Waals surface area contributed by atoms with E-state index in [0.29, 0.717) is 25.9 Å². The molecule has 1 aliphatic heterocycles. The van der Waals surface area contributed by atoms with Crippen LogP contribution in [0.3, 0.4) is 0 Å². The van der Waals surface area contributed by atoms with Crippen molar-refractivity contribution in [2.75, 3.05) is 47.8 Å². The lowest BCUT2D eigenvalue weighted by Crippen LogP contribution is -2.58. The topological polar surface area (TPSA) is 197 Å². The van der Waals surface area contributed by atoms with Crippen LogP contribution in [0.5, 0.6) is 0 Å². The first-order valence-corrected chi connectivity index (χ1v) is 20.1. The Bertz CT molecular complexity index is 1350. The fraction of sp³-hybridized carbons (Fsp3) is 0.800. The third-order valence-corrected chi connectivity index (χ3v) is 10.2. The minimum atomic E-state index is -1.30. The molecular formula is C40H71N7O9. The summed E-state index contributed by atoms with van der Waals surface area (Å²) in [5.74, 6) is -3.55. The van der Waals surface area contributed by atoms with Gasteiger partial charge in [-0.05, 0) is 70.1 Å². The summed E-state index contributed by atoms with van der Waals surface area (Å²) in [6.07, 6.45) is 2.67. The van der Waals surface area contributed by atoms with Crippen LogP contribution >= 0.6 is 0 Å². The number of nitrogens with zero attached hydrogens (tertiary/aromatic N) is 5. The molecule has 0 aromatic rings. The molecule has 0 radical (unpaired) electrons. The molecule has 6 atom stereocenters.